The van der Waals surface area contributed by atoms with Crippen molar-refractivity contribution in [2.24, 2.45) is 5.92 Å². The average molecular weight is 393 g/mol. The number of amides is 1. The van der Waals surface area contributed by atoms with Crippen molar-refractivity contribution in [2.45, 2.75) is 31.6 Å². The molecular formula is C16H22Cl2N2O3S. The van der Waals surface area contributed by atoms with Gasteiger partial charge in [-0.15, -0.1) is 0 Å². The minimum absolute atomic E-state index is 0.0538. The largest absolute Gasteiger partial charge is 0.343 e. The highest BCUT2D eigenvalue weighted by molar-refractivity contribution is 7.89. The first-order valence-corrected chi connectivity index (χ1v) is 10.3. The van der Waals surface area contributed by atoms with E-state index in [-0.39, 0.29) is 26.8 Å². The van der Waals surface area contributed by atoms with Crippen LogP contribution >= 0.6 is 23.2 Å². The highest BCUT2D eigenvalue weighted by Gasteiger charge is 2.35. The van der Waals surface area contributed by atoms with E-state index in [2.05, 4.69) is 0 Å². The summed E-state index contributed by atoms with van der Waals surface area (Å²) in [7, 11) is -3.76. The molecule has 5 nitrogen and oxygen atoms in total. The van der Waals surface area contributed by atoms with Crippen LogP contribution in [0.2, 0.25) is 10.0 Å². The lowest BCUT2D eigenvalue weighted by Crippen LogP contribution is -2.44. The molecule has 24 heavy (non-hydrogen) atoms. The van der Waals surface area contributed by atoms with Crippen LogP contribution in [0.1, 0.15) is 26.7 Å². The smallest absolute Gasteiger partial charge is 0.246 e. The second kappa shape index (κ2) is 8.04. The number of hydrogen-bond acceptors (Lipinski definition) is 3. The maximum absolute atomic E-state index is 12.8. The number of carbonyl (C=O) groups excluding carboxylic acids is 1. The van der Waals surface area contributed by atoms with Crippen LogP contribution < -0.4 is 0 Å². The minimum atomic E-state index is -3.76. The molecule has 0 aromatic heterocycles. The predicted molar refractivity (Wildman–Crippen MR) is 95.9 cm³/mol. The Bertz CT molecular complexity index is 677. The van der Waals surface area contributed by atoms with E-state index in [1.54, 1.807) is 11.0 Å². The van der Waals surface area contributed by atoms with Crippen molar-refractivity contribution in [2.75, 3.05) is 26.2 Å². The molecule has 1 heterocycles. The van der Waals surface area contributed by atoms with Crippen LogP contribution in [0.4, 0.5) is 0 Å². The fourth-order valence-electron chi connectivity index (χ4n) is 2.99. The molecule has 0 unspecified atom stereocenters. The zero-order valence-corrected chi connectivity index (χ0v) is 16.2. The molecule has 134 valence electrons. The first kappa shape index (κ1) is 19.5. The van der Waals surface area contributed by atoms with Gasteiger partial charge in [0.2, 0.25) is 15.9 Å². The van der Waals surface area contributed by atoms with Gasteiger partial charge in [0, 0.05) is 32.1 Å². The van der Waals surface area contributed by atoms with Gasteiger partial charge in [-0.25, -0.2) is 8.42 Å². The van der Waals surface area contributed by atoms with E-state index in [9.17, 15) is 13.2 Å². The SMILES string of the molecule is CCN(CC)C(=O)C1CCN(S(=O)(=O)c2c(Cl)cccc2Cl)CC1. The van der Waals surface area contributed by atoms with Crippen molar-refractivity contribution in [3.8, 4) is 0 Å². The number of hydrogen-bond donors (Lipinski definition) is 0. The van der Waals surface area contributed by atoms with Gasteiger partial charge in [-0.2, -0.15) is 4.31 Å². The number of piperidine rings is 1. The summed E-state index contributed by atoms with van der Waals surface area (Å²) in [6, 6.07) is 4.63. The van der Waals surface area contributed by atoms with Crippen molar-refractivity contribution in [3.63, 3.8) is 0 Å². The van der Waals surface area contributed by atoms with Crippen LogP contribution in [0.5, 0.6) is 0 Å². The Kier molecular flexibility index (Phi) is 6.53. The molecule has 1 aliphatic heterocycles. The molecule has 0 N–H and O–H groups in total. The molecule has 1 aromatic rings. The van der Waals surface area contributed by atoms with Gasteiger partial charge >= 0.3 is 0 Å². The maximum atomic E-state index is 12.8. The fraction of sp³-hybridized carbons (Fsp3) is 0.562. The van der Waals surface area contributed by atoms with Gasteiger partial charge in [-0.1, -0.05) is 29.3 Å². The molecule has 8 heteroatoms. The summed E-state index contributed by atoms with van der Waals surface area (Å²) in [4.78, 5) is 14.1. The van der Waals surface area contributed by atoms with E-state index in [4.69, 9.17) is 23.2 Å². The van der Waals surface area contributed by atoms with E-state index in [1.165, 1.54) is 16.4 Å². The molecular weight excluding hydrogens is 371 g/mol. The molecule has 1 aliphatic rings. The highest BCUT2D eigenvalue weighted by Crippen LogP contribution is 2.33. The van der Waals surface area contributed by atoms with Crippen molar-refractivity contribution >= 4 is 39.1 Å². The number of rotatable bonds is 5. The van der Waals surface area contributed by atoms with Gasteiger partial charge in [-0.05, 0) is 38.8 Å². The minimum Gasteiger partial charge on any atom is -0.343 e. The Morgan fingerprint density at radius 3 is 2.12 bits per heavy atom. The predicted octanol–water partition coefficient (Wildman–Crippen LogP) is 3.26. The van der Waals surface area contributed by atoms with Gasteiger partial charge < -0.3 is 4.90 Å². The van der Waals surface area contributed by atoms with Gasteiger partial charge in [0.25, 0.3) is 0 Å². The van der Waals surface area contributed by atoms with E-state index in [0.29, 0.717) is 39.0 Å². The Morgan fingerprint density at radius 2 is 1.67 bits per heavy atom. The van der Waals surface area contributed by atoms with Crippen molar-refractivity contribution < 1.29 is 13.2 Å². The molecule has 1 fully saturated rings. The summed E-state index contributed by atoms with van der Waals surface area (Å²) in [5.41, 5.74) is 0. The zero-order chi connectivity index (χ0) is 17.9. The lowest BCUT2D eigenvalue weighted by molar-refractivity contribution is -0.136. The monoisotopic (exact) mass is 392 g/mol. The number of benzene rings is 1. The third-order valence-electron chi connectivity index (χ3n) is 4.40. The number of nitrogens with zero attached hydrogens (tertiary/aromatic N) is 2. The highest BCUT2D eigenvalue weighted by atomic mass is 35.5. The van der Waals surface area contributed by atoms with E-state index in [1.807, 2.05) is 13.8 Å². The molecule has 1 aromatic carbocycles. The molecule has 0 radical (unpaired) electrons. The molecule has 0 spiro atoms. The topological polar surface area (TPSA) is 57.7 Å². The lowest BCUT2D eigenvalue weighted by Gasteiger charge is -2.33. The van der Waals surface area contributed by atoms with Gasteiger partial charge in [0.05, 0.1) is 10.0 Å². The average Bonchev–Trinajstić information content (AvgIpc) is 2.55. The van der Waals surface area contributed by atoms with Crippen molar-refractivity contribution in [1.29, 1.82) is 0 Å². The first-order chi connectivity index (χ1) is 11.3. The van der Waals surface area contributed by atoms with Crippen molar-refractivity contribution in [3.05, 3.63) is 28.2 Å². The standard InChI is InChI=1S/C16H22Cl2N2O3S/c1-3-19(4-2)16(21)12-8-10-20(11-9-12)24(22,23)15-13(17)6-5-7-14(15)18/h5-7,12H,3-4,8-11H2,1-2H3. The summed E-state index contributed by atoms with van der Waals surface area (Å²) in [5, 5.41) is 0.229. The summed E-state index contributed by atoms with van der Waals surface area (Å²) in [5.74, 6) is -0.0223. The number of carbonyl (C=O) groups is 1. The summed E-state index contributed by atoms with van der Waals surface area (Å²) < 4.78 is 27.0. The maximum Gasteiger partial charge on any atom is 0.246 e. The summed E-state index contributed by atoms with van der Waals surface area (Å²) in [6.07, 6.45) is 1.02. The second-order valence-corrected chi connectivity index (χ2v) is 8.43. The Balaban J connectivity index is 2.13. The van der Waals surface area contributed by atoms with Crippen LogP contribution in [0.3, 0.4) is 0 Å². The van der Waals surface area contributed by atoms with E-state index in [0.717, 1.165) is 0 Å². The molecule has 1 saturated heterocycles. The van der Waals surface area contributed by atoms with E-state index >= 15 is 0 Å². The third-order valence-corrected chi connectivity index (χ3v) is 7.25. The quantitative estimate of drug-likeness (QED) is 0.772. The fourth-order valence-corrected chi connectivity index (χ4v) is 5.56. The van der Waals surface area contributed by atoms with Crippen LogP contribution in [-0.4, -0.2) is 49.7 Å². The number of halogens is 2. The van der Waals surface area contributed by atoms with Gasteiger partial charge in [0.15, 0.2) is 0 Å². The van der Waals surface area contributed by atoms with Crippen LogP contribution in [-0.2, 0) is 14.8 Å². The molecule has 0 saturated carbocycles. The second-order valence-electron chi connectivity index (χ2n) is 5.74. The molecule has 0 bridgehead atoms. The Labute approximate surface area is 153 Å². The van der Waals surface area contributed by atoms with Gasteiger partial charge in [-0.3, -0.25) is 4.79 Å². The van der Waals surface area contributed by atoms with E-state index < -0.39 is 10.0 Å². The Hall–Kier alpha value is -0.820. The molecule has 1 amide bonds. The van der Waals surface area contributed by atoms with Crippen LogP contribution in [0.25, 0.3) is 0 Å². The lowest BCUT2D eigenvalue weighted by atomic mass is 9.96. The Morgan fingerprint density at radius 1 is 1.17 bits per heavy atom. The summed E-state index contributed by atoms with van der Waals surface area (Å²) >= 11 is 12.1. The molecule has 0 atom stereocenters. The van der Waals surface area contributed by atoms with Crippen LogP contribution in [0.15, 0.2) is 23.1 Å². The summed E-state index contributed by atoms with van der Waals surface area (Å²) in [6.45, 7) is 5.82. The molecule has 0 aliphatic carbocycles. The zero-order valence-electron chi connectivity index (χ0n) is 13.8. The van der Waals surface area contributed by atoms with Crippen LogP contribution in [0, 0.1) is 5.92 Å². The molecule has 2 rings (SSSR count). The first-order valence-electron chi connectivity index (χ1n) is 8.05. The normalized spacial score (nSPS) is 17.0. The van der Waals surface area contributed by atoms with Gasteiger partial charge in [0.1, 0.15) is 4.90 Å². The number of sulfonamides is 1. The third kappa shape index (κ3) is 3.87. The van der Waals surface area contributed by atoms with Crippen molar-refractivity contribution in [1.82, 2.24) is 9.21 Å².